The summed E-state index contributed by atoms with van der Waals surface area (Å²) in [5.41, 5.74) is 14.9. The van der Waals surface area contributed by atoms with Gasteiger partial charge in [0.1, 0.15) is 0 Å². The van der Waals surface area contributed by atoms with Crippen molar-refractivity contribution in [3.63, 3.8) is 0 Å². The lowest BCUT2D eigenvalue weighted by molar-refractivity contribution is 0.646. The van der Waals surface area contributed by atoms with Crippen molar-refractivity contribution in [1.29, 1.82) is 0 Å². The van der Waals surface area contributed by atoms with Gasteiger partial charge in [0.2, 0.25) is 0 Å². The van der Waals surface area contributed by atoms with E-state index in [0.29, 0.717) is 0 Å². The molecule has 0 aromatic heterocycles. The minimum Gasteiger partial charge on any atom is -0.115 e. The van der Waals surface area contributed by atoms with E-state index in [1.807, 2.05) is 18.2 Å². The van der Waals surface area contributed by atoms with Crippen molar-refractivity contribution < 1.29 is 0 Å². The molecule has 0 atom stereocenters. The van der Waals surface area contributed by atoms with E-state index in [4.69, 9.17) is 6.42 Å². The molecule has 1 aliphatic carbocycles. The molecule has 0 heterocycles. The van der Waals surface area contributed by atoms with Crippen LogP contribution in [0, 0.1) is 12.3 Å². The number of rotatable bonds is 8. The van der Waals surface area contributed by atoms with E-state index in [2.05, 4.69) is 188 Å². The summed E-state index contributed by atoms with van der Waals surface area (Å²) < 4.78 is 0. The fourth-order valence-electron chi connectivity index (χ4n) is 7.58. The zero-order chi connectivity index (χ0) is 33.8. The summed E-state index contributed by atoms with van der Waals surface area (Å²) in [5, 5.41) is 0. The second-order valence-corrected chi connectivity index (χ2v) is 12.8. The van der Waals surface area contributed by atoms with Crippen LogP contribution in [0.3, 0.4) is 0 Å². The molecule has 0 nitrogen and oxygen atoms in total. The van der Waals surface area contributed by atoms with Gasteiger partial charge in [-0.25, -0.2) is 0 Å². The molecule has 0 aliphatic heterocycles. The molecule has 236 valence electrons. The largest absolute Gasteiger partial charge is 0.115 e. The van der Waals surface area contributed by atoms with Crippen LogP contribution in [0.15, 0.2) is 200 Å². The predicted octanol–water partition coefficient (Wildman–Crippen LogP) is 12.5. The summed E-state index contributed by atoms with van der Waals surface area (Å²) >= 11 is 0. The van der Waals surface area contributed by atoms with Crippen LogP contribution in [0.1, 0.15) is 34.2 Å². The van der Waals surface area contributed by atoms with Gasteiger partial charge in [0.15, 0.2) is 0 Å². The molecule has 0 amide bonds. The van der Waals surface area contributed by atoms with Gasteiger partial charge in [-0.05, 0) is 97.5 Å². The lowest BCUT2D eigenvalue weighted by atomic mass is 9.68. The molecule has 0 bridgehead atoms. The van der Waals surface area contributed by atoms with E-state index in [0.717, 1.165) is 28.7 Å². The van der Waals surface area contributed by atoms with Crippen LogP contribution >= 0.6 is 0 Å². The van der Waals surface area contributed by atoms with Gasteiger partial charge in [-0.3, -0.25) is 0 Å². The SMILES string of the molecule is C#CC(=CC(=CCC1(c2cc(-c3ccccc3)cc(-c3ccccc3)c2)c2ccccc2-c2ccccc21)c1ccccc1)c1ccccc1. The Kier molecular flexibility index (Phi) is 8.40. The highest BCUT2D eigenvalue weighted by Gasteiger charge is 2.44. The Bertz CT molecular complexity index is 2270. The van der Waals surface area contributed by atoms with Crippen LogP contribution in [-0.2, 0) is 5.41 Å². The summed E-state index contributed by atoms with van der Waals surface area (Å²) in [6, 6.07) is 67.5. The fraction of sp³-hybridized carbons (Fsp3) is 0.0400. The summed E-state index contributed by atoms with van der Waals surface area (Å²) in [7, 11) is 0. The zero-order valence-electron chi connectivity index (χ0n) is 27.8. The van der Waals surface area contributed by atoms with Crippen LogP contribution in [0.4, 0.5) is 0 Å². The first-order valence-corrected chi connectivity index (χ1v) is 17.2. The third-order valence-corrected chi connectivity index (χ3v) is 9.98. The van der Waals surface area contributed by atoms with Crippen LogP contribution in [-0.4, -0.2) is 0 Å². The number of allylic oxidation sites excluding steroid dienone is 4. The van der Waals surface area contributed by atoms with E-state index in [-0.39, 0.29) is 0 Å². The van der Waals surface area contributed by atoms with Gasteiger partial charge >= 0.3 is 0 Å². The monoisotopic (exact) mass is 636 g/mol. The third kappa shape index (κ3) is 5.70. The van der Waals surface area contributed by atoms with E-state index in [1.165, 1.54) is 50.1 Å². The summed E-state index contributed by atoms with van der Waals surface area (Å²) in [4.78, 5) is 0. The van der Waals surface area contributed by atoms with Crippen molar-refractivity contribution in [1.82, 2.24) is 0 Å². The fourth-order valence-corrected chi connectivity index (χ4v) is 7.58. The molecule has 0 heteroatoms. The van der Waals surface area contributed by atoms with Crippen LogP contribution < -0.4 is 0 Å². The molecule has 0 spiro atoms. The molecule has 0 radical (unpaired) electrons. The third-order valence-electron chi connectivity index (χ3n) is 9.98. The van der Waals surface area contributed by atoms with Crippen LogP contribution in [0.2, 0.25) is 0 Å². The quantitative estimate of drug-likeness (QED) is 0.115. The number of hydrogen-bond donors (Lipinski definition) is 0. The van der Waals surface area contributed by atoms with Crippen molar-refractivity contribution >= 4 is 11.1 Å². The molecule has 0 fully saturated rings. The van der Waals surface area contributed by atoms with Crippen molar-refractivity contribution in [2.45, 2.75) is 11.8 Å². The summed E-state index contributed by atoms with van der Waals surface area (Å²) in [5.74, 6) is 2.99. The van der Waals surface area contributed by atoms with Crippen molar-refractivity contribution in [2.75, 3.05) is 0 Å². The number of hydrogen-bond acceptors (Lipinski definition) is 0. The van der Waals surface area contributed by atoms with Crippen molar-refractivity contribution in [3.8, 4) is 45.7 Å². The molecular formula is C50H36. The maximum absolute atomic E-state index is 6.19. The van der Waals surface area contributed by atoms with Gasteiger partial charge < -0.3 is 0 Å². The molecule has 0 N–H and O–H groups in total. The van der Waals surface area contributed by atoms with E-state index in [1.54, 1.807) is 0 Å². The lowest BCUT2D eigenvalue weighted by Gasteiger charge is -2.33. The first kappa shape index (κ1) is 30.9. The van der Waals surface area contributed by atoms with Gasteiger partial charge in [0, 0.05) is 11.0 Å². The minimum absolute atomic E-state index is 0.460. The Balaban J connectivity index is 1.41. The topological polar surface area (TPSA) is 0 Å². The Morgan fingerprint density at radius 2 is 0.920 bits per heavy atom. The first-order chi connectivity index (χ1) is 24.7. The highest BCUT2D eigenvalue weighted by Crippen LogP contribution is 2.55. The number of terminal acetylenes is 1. The minimum atomic E-state index is -0.460. The van der Waals surface area contributed by atoms with Gasteiger partial charge in [-0.2, -0.15) is 0 Å². The predicted molar refractivity (Wildman–Crippen MR) is 211 cm³/mol. The molecular weight excluding hydrogens is 601 g/mol. The molecule has 8 rings (SSSR count). The highest BCUT2D eigenvalue weighted by molar-refractivity contribution is 5.91. The summed E-state index contributed by atoms with van der Waals surface area (Å²) in [6.45, 7) is 0. The molecule has 7 aromatic rings. The second kappa shape index (κ2) is 13.6. The Hall–Kier alpha value is -6.42. The second-order valence-electron chi connectivity index (χ2n) is 12.8. The Labute approximate surface area is 295 Å². The molecule has 0 saturated carbocycles. The average molecular weight is 637 g/mol. The molecule has 0 unspecified atom stereocenters. The molecule has 50 heavy (non-hydrogen) atoms. The summed E-state index contributed by atoms with van der Waals surface area (Å²) in [6.07, 6.45) is 11.5. The molecule has 7 aromatic carbocycles. The Morgan fingerprint density at radius 1 is 0.480 bits per heavy atom. The Morgan fingerprint density at radius 3 is 1.42 bits per heavy atom. The van der Waals surface area contributed by atoms with Crippen LogP contribution in [0.25, 0.3) is 44.5 Å². The van der Waals surface area contributed by atoms with Crippen molar-refractivity contribution in [3.05, 3.63) is 228 Å². The van der Waals surface area contributed by atoms with Crippen LogP contribution in [0.5, 0.6) is 0 Å². The molecule has 1 aliphatic rings. The van der Waals surface area contributed by atoms with Gasteiger partial charge in [0.25, 0.3) is 0 Å². The van der Waals surface area contributed by atoms with E-state index >= 15 is 0 Å². The standard InChI is InChI=1S/C50H36/c1-2-37(38-19-7-3-8-20-38)33-42(39-21-9-4-10-22-39)31-32-50(48-29-17-15-27-46(48)47-28-16-18-30-49(47)50)45-35-43(40-23-11-5-12-24-40)34-44(36-45)41-25-13-6-14-26-41/h1,3-31,33-36H,32H2. The zero-order valence-corrected chi connectivity index (χ0v) is 27.8. The van der Waals surface area contributed by atoms with Gasteiger partial charge in [0.05, 0.1) is 0 Å². The maximum atomic E-state index is 6.19. The number of benzene rings is 7. The lowest BCUT2D eigenvalue weighted by Crippen LogP contribution is -2.26. The smallest absolute Gasteiger partial charge is 0.0498 e. The van der Waals surface area contributed by atoms with E-state index in [9.17, 15) is 0 Å². The maximum Gasteiger partial charge on any atom is 0.0498 e. The van der Waals surface area contributed by atoms with Gasteiger partial charge in [-0.15, -0.1) is 6.42 Å². The van der Waals surface area contributed by atoms with E-state index < -0.39 is 5.41 Å². The van der Waals surface area contributed by atoms with Crippen molar-refractivity contribution in [2.24, 2.45) is 0 Å². The number of fused-ring (bicyclic) bond motifs is 3. The van der Waals surface area contributed by atoms with Gasteiger partial charge in [-0.1, -0.05) is 182 Å². The normalized spacial score (nSPS) is 13.3. The first-order valence-electron chi connectivity index (χ1n) is 17.2. The molecule has 0 saturated heterocycles. The average Bonchev–Trinajstić information content (AvgIpc) is 3.49. The highest BCUT2D eigenvalue weighted by atomic mass is 14.5.